The molecule has 1 aliphatic carbocycles. The highest BCUT2D eigenvalue weighted by atomic mass is 16.5. The Bertz CT molecular complexity index is 1220. The number of rotatable bonds is 5. The molecule has 0 radical (unpaired) electrons. The summed E-state index contributed by atoms with van der Waals surface area (Å²) in [7, 11) is 0. The fraction of sp³-hybridized carbons (Fsp3) is 0.304. The molecule has 4 aromatic rings. The second-order valence-corrected chi connectivity index (χ2v) is 8.21. The molecule has 0 spiro atoms. The number of nitrogens with zero attached hydrogens (tertiary/aromatic N) is 5. The van der Waals surface area contributed by atoms with E-state index < -0.39 is 0 Å². The van der Waals surface area contributed by atoms with Gasteiger partial charge in [0.1, 0.15) is 17.1 Å². The molecule has 1 aliphatic heterocycles. The second kappa shape index (κ2) is 6.79. The molecule has 3 aromatic heterocycles. The molecule has 0 unspecified atom stereocenters. The quantitative estimate of drug-likeness (QED) is 0.548. The first-order chi connectivity index (χ1) is 14.8. The van der Waals surface area contributed by atoms with Crippen LogP contribution in [-0.4, -0.2) is 36.6 Å². The van der Waals surface area contributed by atoms with Crippen LogP contribution < -0.4 is 4.74 Å². The van der Waals surface area contributed by atoms with E-state index in [1.165, 1.54) is 24.0 Å². The van der Waals surface area contributed by atoms with Crippen molar-refractivity contribution in [3.63, 3.8) is 0 Å². The monoisotopic (exact) mass is 398 g/mol. The summed E-state index contributed by atoms with van der Waals surface area (Å²) in [6.07, 6.45) is 8.35. The Kier molecular flexibility index (Phi) is 3.94. The maximum atomic E-state index is 6.00. The molecule has 30 heavy (non-hydrogen) atoms. The van der Waals surface area contributed by atoms with E-state index in [1.807, 2.05) is 25.4 Å². The van der Waals surface area contributed by atoms with Crippen molar-refractivity contribution >= 4 is 0 Å². The lowest BCUT2D eigenvalue weighted by atomic mass is 9.93. The zero-order valence-electron chi connectivity index (χ0n) is 16.7. The molecule has 0 bridgehead atoms. The van der Waals surface area contributed by atoms with Gasteiger partial charge in [-0.3, -0.25) is 10.1 Å². The number of aromatic nitrogens is 6. The number of benzene rings is 1. The number of aryl methyl sites for hydroxylation is 1. The third-order valence-electron chi connectivity index (χ3n) is 6.05. The predicted molar refractivity (Wildman–Crippen MR) is 112 cm³/mol. The molecule has 1 fully saturated rings. The lowest BCUT2D eigenvalue weighted by Gasteiger charge is -2.13. The Morgan fingerprint density at radius 2 is 2.10 bits per heavy atom. The van der Waals surface area contributed by atoms with Gasteiger partial charge >= 0.3 is 0 Å². The van der Waals surface area contributed by atoms with Gasteiger partial charge in [-0.25, -0.2) is 4.98 Å². The van der Waals surface area contributed by atoms with E-state index in [-0.39, 0.29) is 0 Å². The van der Waals surface area contributed by atoms with Crippen molar-refractivity contribution in [3.05, 3.63) is 65.9 Å². The van der Waals surface area contributed by atoms with E-state index in [0.29, 0.717) is 5.92 Å². The van der Waals surface area contributed by atoms with Crippen LogP contribution in [0, 0.1) is 6.92 Å². The van der Waals surface area contributed by atoms with E-state index in [2.05, 4.69) is 54.3 Å². The minimum atomic E-state index is 0.357. The van der Waals surface area contributed by atoms with Gasteiger partial charge in [0, 0.05) is 36.0 Å². The summed E-state index contributed by atoms with van der Waals surface area (Å²) < 4.78 is 8.15. The van der Waals surface area contributed by atoms with Gasteiger partial charge in [0.15, 0.2) is 0 Å². The van der Waals surface area contributed by atoms with E-state index in [0.717, 1.165) is 53.2 Å². The predicted octanol–water partition coefficient (Wildman–Crippen LogP) is 4.09. The summed E-state index contributed by atoms with van der Waals surface area (Å²) in [6, 6.07) is 10.5. The molecule has 7 nitrogen and oxygen atoms in total. The summed E-state index contributed by atoms with van der Waals surface area (Å²) in [5, 5.41) is 10.9. The first-order valence-electron chi connectivity index (χ1n) is 10.4. The van der Waals surface area contributed by atoms with Crippen LogP contribution in [-0.2, 0) is 6.54 Å². The Morgan fingerprint density at radius 3 is 2.93 bits per heavy atom. The van der Waals surface area contributed by atoms with E-state index in [9.17, 15) is 0 Å². The lowest BCUT2D eigenvalue weighted by Crippen LogP contribution is -2.10. The van der Waals surface area contributed by atoms with Crippen molar-refractivity contribution in [2.45, 2.75) is 38.1 Å². The van der Waals surface area contributed by atoms with E-state index >= 15 is 0 Å². The molecule has 2 aliphatic rings. The fourth-order valence-corrected chi connectivity index (χ4v) is 4.41. The Balaban J connectivity index is 1.27. The topological polar surface area (TPSA) is 81.5 Å². The van der Waals surface area contributed by atoms with Crippen LogP contribution in [0.5, 0.6) is 5.75 Å². The maximum absolute atomic E-state index is 6.00. The molecule has 7 heteroatoms. The highest BCUT2D eigenvalue weighted by Gasteiger charge is 2.33. The van der Waals surface area contributed by atoms with Crippen molar-refractivity contribution in [2.75, 3.05) is 6.61 Å². The molecule has 1 aromatic carbocycles. The minimum absolute atomic E-state index is 0.357. The SMILES string of the molecule is Cc1[nH]nnc1-c1ccnc(-c2cn(C[C@H]3COc4cccc(C5CC5)c43)cn2)c1. The molecular formula is C23H22N6O. The van der Waals surface area contributed by atoms with Gasteiger partial charge in [0.2, 0.25) is 0 Å². The number of pyridine rings is 1. The lowest BCUT2D eigenvalue weighted by molar-refractivity contribution is 0.319. The van der Waals surface area contributed by atoms with Crippen LogP contribution in [0.3, 0.4) is 0 Å². The number of ether oxygens (including phenoxy) is 1. The molecule has 0 amide bonds. The summed E-state index contributed by atoms with van der Waals surface area (Å²) in [5.74, 6) is 2.13. The zero-order chi connectivity index (χ0) is 20.1. The largest absolute Gasteiger partial charge is 0.493 e. The molecule has 1 saturated carbocycles. The molecule has 150 valence electrons. The number of hydrogen-bond donors (Lipinski definition) is 1. The van der Waals surface area contributed by atoms with Gasteiger partial charge in [-0.1, -0.05) is 17.3 Å². The van der Waals surface area contributed by atoms with Gasteiger partial charge in [-0.05, 0) is 49.4 Å². The molecule has 4 heterocycles. The van der Waals surface area contributed by atoms with Gasteiger partial charge < -0.3 is 9.30 Å². The summed E-state index contributed by atoms with van der Waals surface area (Å²) in [6.45, 7) is 3.54. The van der Waals surface area contributed by atoms with Gasteiger partial charge in [-0.15, -0.1) is 5.10 Å². The third-order valence-corrected chi connectivity index (χ3v) is 6.05. The summed E-state index contributed by atoms with van der Waals surface area (Å²) in [5.41, 5.74) is 7.31. The van der Waals surface area contributed by atoms with Gasteiger partial charge in [0.25, 0.3) is 0 Å². The average Bonchev–Trinajstić information content (AvgIpc) is 3.15. The van der Waals surface area contributed by atoms with E-state index in [4.69, 9.17) is 4.74 Å². The average molecular weight is 398 g/mol. The van der Waals surface area contributed by atoms with E-state index in [1.54, 1.807) is 6.20 Å². The minimum Gasteiger partial charge on any atom is -0.493 e. The third kappa shape index (κ3) is 2.98. The number of aromatic amines is 1. The van der Waals surface area contributed by atoms with Gasteiger partial charge in [0.05, 0.1) is 24.3 Å². The first-order valence-corrected chi connectivity index (χ1v) is 10.4. The Labute approximate surface area is 174 Å². The van der Waals surface area contributed by atoms with Crippen molar-refractivity contribution in [3.8, 4) is 28.4 Å². The Hall–Kier alpha value is -3.48. The standard InChI is InChI=1S/C23H22N6O/c1-14-23(27-28-26-14)16-7-8-24-19(9-16)20-11-29(13-25-20)10-17-12-30-21-4-2-3-18(22(17)21)15-5-6-15/h2-4,7-9,11,13,15,17H,5-6,10,12H2,1H3,(H,26,27,28)/t17-/m0/s1. The first kappa shape index (κ1) is 17.4. The van der Waals surface area contributed by atoms with Crippen LogP contribution >= 0.6 is 0 Å². The fourth-order valence-electron chi connectivity index (χ4n) is 4.41. The Morgan fingerprint density at radius 1 is 1.17 bits per heavy atom. The number of fused-ring (bicyclic) bond motifs is 1. The molecular weight excluding hydrogens is 376 g/mol. The number of H-pyrrole nitrogens is 1. The van der Waals surface area contributed by atoms with Crippen molar-refractivity contribution < 1.29 is 4.74 Å². The highest BCUT2D eigenvalue weighted by Crippen LogP contribution is 2.48. The molecule has 0 saturated heterocycles. The van der Waals surface area contributed by atoms with Gasteiger partial charge in [-0.2, -0.15) is 0 Å². The van der Waals surface area contributed by atoms with Crippen molar-refractivity contribution in [2.24, 2.45) is 0 Å². The second-order valence-electron chi connectivity index (χ2n) is 8.21. The van der Waals surface area contributed by atoms with Crippen molar-refractivity contribution in [1.29, 1.82) is 0 Å². The number of imidazole rings is 1. The smallest absolute Gasteiger partial charge is 0.123 e. The number of hydrogen-bond acceptors (Lipinski definition) is 5. The zero-order valence-corrected chi connectivity index (χ0v) is 16.7. The maximum Gasteiger partial charge on any atom is 0.123 e. The number of nitrogens with one attached hydrogen (secondary N) is 1. The van der Waals surface area contributed by atoms with Crippen LogP contribution in [0.2, 0.25) is 0 Å². The summed E-state index contributed by atoms with van der Waals surface area (Å²) >= 11 is 0. The van der Waals surface area contributed by atoms with Crippen LogP contribution in [0.15, 0.2) is 49.1 Å². The van der Waals surface area contributed by atoms with Crippen molar-refractivity contribution in [1.82, 2.24) is 29.9 Å². The molecule has 1 N–H and O–H groups in total. The van der Waals surface area contributed by atoms with Crippen LogP contribution in [0.1, 0.15) is 41.5 Å². The van der Waals surface area contributed by atoms with Crippen LogP contribution in [0.4, 0.5) is 0 Å². The summed E-state index contributed by atoms with van der Waals surface area (Å²) in [4.78, 5) is 9.13. The molecule has 1 atom stereocenters. The normalized spacial score (nSPS) is 17.7. The highest BCUT2D eigenvalue weighted by molar-refractivity contribution is 5.67. The molecule has 6 rings (SSSR count). The van der Waals surface area contributed by atoms with Crippen LogP contribution in [0.25, 0.3) is 22.6 Å².